The van der Waals surface area contributed by atoms with Crippen molar-refractivity contribution in [3.63, 3.8) is 0 Å². The van der Waals surface area contributed by atoms with E-state index in [2.05, 4.69) is 33.5 Å². The van der Waals surface area contributed by atoms with Gasteiger partial charge in [0.2, 0.25) is 0 Å². The van der Waals surface area contributed by atoms with E-state index in [-0.39, 0.29) is 0 Å². The van der Waals surface area contributed by atoms with Gasteiger partial charge in [-0.25, -0.2) is 4.98 Å². The summed E-state index contributed by atoms with van der Waals surface area (Å²) >= 11 is 0. The monoisotopic (exact) mass is 204 g/mol. The van der Waals surface area contributed by atoms with Crippen LogP contribution in [0.15, 0.2) is 24.8 Å². The van der Waals surface area contributed by atoms with Gasteiger partial charge in [-0.05, 0) is 13.3 Å². The van der Waals surface area contributed by atoms with E-state index in [1.165, 1.54) is 5.69 Å². The van der Waals surface area contributed by atoms with Gasteiger partial charge in [-0.15, -0.1) is 0 Å². The van der Waals surface area contributed by atoms with Crippen LogP contribution < -0.4 is 5.32 Å². The molecule has 0 spiro atoms. The largest absolute Gasteiger partial charge is 0.309 e. The molecule has 2 aromatic heterocycles. The summed E-state index contributed by atoms with van der Waals surface area (Å²) < 4.78 is 2.06. The maximum absolute atomic E-state index is 4.28. The van der Waals surface area contributed by atoms with Crippen molar-refractivity contribution < 1.29 is 0 Å². The van der Waals surface area contributed by atoms with E-state index in [4.69, 9.17) is 0 Å². The number of hydrogen-bond donors (Lipinski definition) is 1. The van der Waals surface area contributed by atoms with Gasteiger partial charge < -0.3 is 5.32 Å². The third-order valence-electron chi connectivity index (χ3n) is 2.64. The van der Waals surface area contributed by atoms with Crippen molar-refractivity contribution in [2.45, 2.75) is 32.9 Å². The van der Waals surface area contributed by atoms with Gasteiger partial charge in [-0.2, -0.15) is 0 Å². The fourth-order valence-corrected chi connectivity index (χ4v) is 1.45. The van der Waals surface area contributed by atoms with E-state index in [0.29, 0.717) is 6.04 Å². The highest BCUT2D eigenvalue weighted by molar-refractivity contribution is 5.36. The Morgan fingerprint density at radius 2 is 2.33 bits per heavy atom. The summed E-state index contributed by atoms with van der Waals surface area (Å²) in [4.78, 5) is 8.32. The van der Waals surface area contributed by atoms with Crippen molar-refractivity contribution in [3.8, 4) is 0 Å². The standard InChI is InChI=1S/C11H16N4/c1-3-9(2)13-6-10-7-14-11-8-12-4-5-15(10)11/h4-5,7-9,13H,3,6H2,1-2H3. The van der Waals surface area contributed by atoms with Crippen LogP contribution in [-0.2, 0) is 6.54 Å². The Kier molecular flexibility index (Phi) is 2.97. The molecule has 1 atom stereocenters. The summed E-state index contributed by atoms with van der Waals surface area (Å²) in [6.07, 6.45) is 8.52. The van der Waals surface area contributed by atoms with Gasteiger partial charge in [0, 0.05) is 25.0 Å². The van der Waals surface area contributed by atoms with Crippen LogP contribution in [-0.4, -0.2) is 20.4 Å². The molecule has 0 saturated heterocycles. The molecule has 0 aliphatic heterocycles. The van der Waals surface area contributed by atoms with E-state index in [0.717, 1.165) is 18.6 Å². The smallest absolute Gasteiger partial charge is 0.155 e. The fraction of sp³-hybridized carbons (Fsp3) is 0.455. The number of rotatable bonds is 4. The SMILES string of the molecule is CCC(C)NCc1cnc2cnccn12. The molecule has 0 aliphatic carbocycles. The third kappa shape index (κ3) is 2.15. The highest BCUT2D eigenvalue weighted by Gasteiger charge is 2.03. The summed E-state index contributed by atoms with van der Waals surface area (Å²) in [7, 11) is 0. The number of imidazole rings is 1. The first kappa shape index (κ1) is 10.1. The highest BCUT2D eigenvalue weighted by Crippen LogP contribution is 2.04. The number of aromatic nitrogens is 3. The number of nitrogens with zero attached hydrogens (tertiary/aromatic N) is 3. The first-order valence-electron chi connectivity index (χ1n) is 5.30. The molecule has 1 unspecified atom stereocenters. The normalized spacial score (nSPS) is 13.2. The van der Waals surface area contributed by atoms with Gasteiger partial charge in [0.05, 0.1) is 18.1 Å². The Morgan fingerprint density at radius 3 is 3.13 bits per heavy atom. The molecule has 0 bridgehead atoms. The summed E-state index contributed by atoms with van der Waals surface area (Å²) in [6, 6.07) is 0.539. The zero-order chi connectivity index (χ0) is 10.7. The van der Waals surface area contributed by atoms with Crippen LogP contribution in [0.4, 0.5) is 0 Å². The minimum Gasteiger partial charge on any atom is -0.309 e. The van der Waals surface area contributed by atoms with Crippen molar-refractivity contribution in [2.24, 2.45) is 0 Å². The van der Waals surface area contributed by atoms with Crippen LogP contribution in [0, 0.1) is 0 Å². The topological polar surface area (TPSA) is 42.2 Å². The summed E-state index contributed by atoms with van der Waals surface area (Å²) in [5.74, 6) is 0. The van der Waals surface area contributed by atoms with Crippen LogP contribution in [0.1, 0.15) is 26.0 Å². The Labute approximate surface area is 89.4 Å². The van der Waals surface area contributed by atoms with Gasteiger partial charge in [-0.3, -0.25) is 9.38 Å². The molecule has 0 aliphatic rings. The molecular weight excluding hydrogens is 188 g/mol. The molecule has 2 rings (SSSR count). The molecule has 15 heavy (non-hydrogen) atoms. The molecule has 0 saturated carbocycles. The maximum atomic E-state index is 4.28. The Bertz CT molecular complexity index is 435. The molecule has 4 nitrogen and oxygen atoms in total. The van der Waals surface area contributed by atoms with Crippen molar-refractivity contribution in [1.29, 1.82) is 0 Å². The molecule has 2 aromatic rings. The van der Waals surface area contributed by atoms with Crippen LogP contribution in [0.5, 0.6) is 0 Å². The fourth-order valence-electron chi connectivity index (χ4n) is 1.45. The molecule has 1 N–H and O–H groups in total. The number of hydrogen-bond acceptors (Lipinski definition) is 3. The Balaban J connectivity index is 2.14. The lowest BCUT2D eigenvalue weighted by Gasteiger charge is -2.10. The summed E-state index contributed by atoms with van der Waals surface area (Å²) in [6.45, 7) is 5.21. The summed E-state index contributed by atoms with van der Waals surface area (Å²) in [5, 5.41) is 3.45. The molecule has 0 amide bonds. The number of nitrogens with one attached hydrogen (secondary N) is 1. The van der Waals surface area contributed by atoms with Crippen molar-refractivity contribution >= 4 is 5.65 Å². The zero-order valence-electron chi connectivity index (χ0n) is 9.14. The summed E-state index contributed by atoms with van der Waals surface area (Å²) in [5.41, 5.74) is 2.08. The van der Waals surface area contributed by atoms with Gasteiger partial charge in [0.25, 0.3) is 0 Å². The van der Waals surface area contributed by atoms with Crippen LogP contribution in [0.2, 0.25) is 0 Å². The molecule has 0 fully saturated rings. The minimum absolute atomic E-state index is 0.539. The molecular formula is C11H16N4. The van der Waals surface area contributed by atoms with Crippen molar-refractivity contribution in [3.05, 3.63) is 30.5 Å². The zero-order valence-corrected chi connectivity index (χ0v) is 9.14. The molecule has 0 aromatic carbocycles. The van der Waals surface area contributed by atoms with Crippen LogP contribution in [0.25, 0.3) is 5.65 Å². The average Bonchev–Trinajstić information content (AvgIpc) is 2.69. The van der Waals surface area contributed by atoms with Crippen molar-refractivity contribution in [2.75, 3.05) is 0 Å². The quantitative estimate of drug-likeness (QED) is 0.822. The average molecular weight is 204 g/mol. The second kappa shape index (κ2) is 4.40. The second-order valence-electron chi connectivity index (χ2n) is 3.74. The van der Waals surface area contributed by atoms with E-state index < -0.39 is 0 Å². The first-order valence-corrected chi connectivity index (χ1v) is 5.30. The predicted molar refractivity (Wildman–Crippen MR) is 59.6 cm³/mol. The van der Waals surface area contributed by atoms with Crippen molar-refractivity contribution in [1.82, 2.24) is 19.7 Å². The van der Waals surface area contributed by atoms with Gasteiger partial charge in [0.1, 0.15) is 0 Å². The lowest BCUT2D eigenvalue weighted by molar-refractivity contribution is 0.528. The lowest BCUT2D eigenvalue weighted by Crippen LogP contribution is -2.25. The lowest BCUT2D eigenvalue weighted by atomic mass is 10.2. The van der Waals surface area contributed by atoms with Crippen LogP contribution in [0.3, 0.4) is 0 Å². The first-order chi connectivity index (χ1) is 7.31. The van der Waals surface area contributed by atoms with Gasteiger partial charge in [0.15, 0.2) is 5.65 Å². The molecule has 2 heterocycles. The minimum atomic E-state index is 0.539. The Hall–Kier alpha value is -1.42. The molecule has 0 radical (unpaired) electrons. The Morgan fingerprint density at radius 1 is 1.47 bits per heavy atom. The van der Waals surface area contributed by atoms with E-state index >= 15 is 0 Å². The van der Waals surface area contributed by atoms with Crippen LogP contribution >= 0.6 is 0 Å². The third-order valence-corrected chi connectivity index (χ3v) is 2.64. The molecule has 80 valence electrons. The second-order valence-corrected chi connectivity index (χ2v) is 3.74. The predicted octanol–water partition coefficient (Wildman–Crippen LogP) is 1.62. The van der Waals surface area contributed by atoms with E-state index in [1.54, 1.807) is 12.4 Å². The van der Waals surface area contributed by atoms with E-state index in [1.807, 2.05) is 12.4 Å². The highest BCUT2D eigenvalue weighted by atomic mass is 15.0. The van der Waals surface area contributed by atoms with Gasteiger partial charge in [-0.1, -0.05) is 6.92 Å². The molecule has 4 heteroatoms. The maximum Gasteiger partial charge on any atom is 0.155 e. The number of fused-ring (bicyclic) bond motifs is 1. The van der Waals surface area contributed by atoms with Gasteiger partial charge >= 0.3 is 0 Å². The van der Waals surface area contributed by atoms with E-state index in [9.17, 15) is 0 Å².